The SMILES string of the molecule is Cc1cc(C(C)(C)C)cc(O)c1O.O=C(O)c1ccccc1.O=C(O)c1ccccc1. The lowest BCUT2D eigenvalue weighted by Gasteiger charge is -2.20. The molecule has 3 aromatic rings. The lowest BCUT2D eigenvalue weighted by molar-refractivity contribution is 0.0686. The van der Waals surface area contributed by atoms with Crippen molar-refractivity contribution < 1.29 is 30.0 Å². The van der Waals surface area contributed by atoms with Crippen LogP contribution in [-0.2, 0) is 5.41 Å². The number of carboxylic acid groups (broad SMARTS) is 2. The molecule has 0 saturated carbocycles. The minimum Gasteiger partial charge on any atom is -0.504 e. The van der Waals surface area contributed by atoms with Crippen LogP contribution in [0.4, 0.5) is 0 Å². The van der Waals surface area contributed by atoms with Gasteiger partial charge < -0.3 is 20.4 Å². The van der Waals surface area contributed by atoms with Gasteiger partial charge in [-0.2, -0.15) is 0 Å². The third-order valence-corrected chi connectivity index (χ3v) is 4.19. The molecule has 0 aliphatic rings. The number of phenols is 2. The largest absolute Gasteiger partial charge is 0.504 e. The zero-order valence-corrected chi connectivity index (χ0v) is 18.0. The van der Waals surface area contributed by atoms with Crippen molar-refractivity contribution in [2.45, 2.75) is 33.1 Å². The molecule has 0 bridgehead atoms. The molecule has 164 valence electrons. The van der Waals surface area contributed by atoms with E-state index in [1.54, 1.807) is 73.7 Å². The van der Waals surface area contributed by atoms with E-state index in [1.165, 1.54) is 0 Å². The third-order valence-electron chi connectivity index (χ3n) is 4.19. The first-order valence-electron chi connectivity index (χ1n) is 9.53. The number of benzene rings is 3. The summed E-state index contributed by atoms with van der Waals surface area (Å²) >= 11 is 0. The van der Waals surface area contributed by atoms with Gasteiger partial charge in [0.25, 0.3) is 0 Å². The fourth-order valence-corrected chi connectivity index (χ4v) is 2.36. The maximum Gasteiger partial charge on any atom is 0.335 e. The van der Waals surface area contributed by atoms with Gasteiger partial charge in [-0.15, -0.1) is 0 Å². The van der Waals surface area contributed by atoms with Gasteiger partial charge in [-0.05, 0) is 53.8 Å². The molecule has 4 N–H and O–H groups in total. The maximum atomic E-state index is 10.2. The molecule has 0 spiro atoms. The van der Waals surface area contributed by atoms with Gasteiger partial charge >= 0.3 is 11.9 Å². The highest BCUT2D eigenvalue weighted by Gasteiger charge is 2.16. The number of carboxylic acids is 2. The Labute approximate surface area is 182 Å². The number of phenolic OH excluding ortho intramolecular Hbond substituents is 2. The van der Waals surface area contributed by atoms with Crippen molar-refractivity contribution in [3.05, 3.63) is 95.1 Å². The molecule has 0 radical (unpaired) electrons. The lowest BCUT2D eigenvalue weighted by atomic mass is 9.86. The number of aromatic hydroxyl groups is 2. The van der Waals surface area contributed by atoms with Crippen LogP contribution in [0.15, 0.2) is 72.8 Å². The quantitative estimate of drug-likeness (QED) is 0.405. The topological polar surface area (TPSA) is 115 Å². The highest BCUT2D eigenvalue weighted by atomic mass is 16.4. The van der Waals surface area contributed by atoms with Crippen LogP contribution >= 0.6 is 0 Å². The van der Waals surface area contributed by atoms with E-state index in [4.69, 9.17) is 10.2 Å². The molecule has 0 amide bonds. The monoisotopic (exact) mass is 424 g/mol. The van der Waals surface area contributed by atoms with Gasteiger partial charge in [0.1, 0.15) is 0 Å². The van der Waals surface area contributed by atoms with Crippen LogP contribution < -0.4 is 0 Å². The summed E-state index contributed by atoms with van der Waals surface area (Å²) in [6.45, 7) is 7.99. The van der Waals surface area contributed by atoms with Crippen molar-refractivity contribution in [1.29, 1.82) is 0 Å². The Balaban J connectivity index is 0.000000239. The lowest BCUT2D eigenvalue weighted by Crippen LogP contribution is -2.10. The maximum absolute atomic E-state index is 10.2. The second-order valence-corrected chi connectivity index (χ2v) is 7.75. The zero-order chi connectivity index (χ0) is 23.6. The Morgan fingerprint density at radius 2 is 1.10 bits per heavy atom. The highest BCUT2D eigenvalue weighted by Crippen LogP contribution is 2.34. The van der Waals surface area contributed by atoms with Crippen molar-refractivity contribution in [3.63, 3.8) is 0 Å². The molecule has 6 nitrogen and oxygen atoms in total. The number of hydrogen-bond acceptors (Lipinski definition) is 4. The van der Waals surface area contributed by atoms with Crippen molar-refractivity contribution in [1.82, 2.24) is 0 Å². The fraction of sp³-hybridized carbons (Fsp3) is 0.200. The van der Waals surface area contributed by atoms with Gasteiger partial charge in [0.05, 0.1) is 11.1 Å². The van der Waals surface area contributed by atoms with Gasteiger partial charge in [0.15, 0.2) is 11.5 Å². The van der Waals surface area contributed by atoms with Crippen LogP contribution in [0, 0.1) is 6.92 Å². The zero-order valence-electron chi connectivity index (χ0n) is 18.0. The van der Waals surface area contributed by atoms with Gasteiger partial charge in [-0.3, -0.25) is 0 Å². The molecule has 0 heterocycles. The molecule has 0 aliphatic carbocycles. The summed E-state index contributed by atoms with van der Waals surface area (Å²) < 4.78 is 0. The molecular formula is C25H28O6. The Bertz CT molecular complexity index is 917. The summed E-state index contributed by atoms with van der Waals surface area (Å²) in [5.41, 5.74) is 2.40. The van der Waals surface area contributed by atoms with E-state index < -0.39 is 11.9 Å². The van der Waals surface area contributed by atoms with Crippen LogP contribution in [0.3, 0.4) is 0 Å². The van der Waals surface area contributed by atoms with Gasteiger partial charge in [0.2, 0.25) is 0 Å². The highest BCUT2D eigenvalue weighted by molar-refractivity contribution is 5.87. The van der Waals surface area contributed by atoms with E-state index in [0.717, 1.165) is 5.56 Å². The Kier molecular flexibility index (Phi) is 9.28. The molecular weight excluding hydrogens is 396 g/mol. The van der Waals surface area contributed by atoms with E-state index in [0.29, 0.717) is 16.7 Å². The predicted octanol–water partition coefficient (Wildman–Crippen LogP) is 5.47. The van der Waals surface area contributed by atoms with Gasteiger partial charge in [-0.1, -0.05) is 63.2 Å². The van der Waals surface area contributed by atoms with Crippen molar-refractivity contribution in [3.8, 4) is 11.5 Å². The van der Waals surface area contributed by atoms with Crippen LogP contribution in [0.5, 0.6) is 11.5 Å². The molecule has 3 aromatic carbocycles. The smallest absolute Gasteiger partial charge is 0.335 e. The van der Waals surface area contributed by atoms with Gasteiger partial charge in [-0.25, -0.2) is 9.59 Å². The molecule has 6 heteroatoms. The second-order valence-electron chi connectivity index (χ2n) is 7.75. The van der Waals surface area contributed by atoms with E-state index in [1.807, 2.05) is 6.07 Å². The van der Waals surface area contributed by atoms with Gasteiger partial charge in [0, 0.05) is 0 Å². The Morgan fingerprint density at radius 3 is 1.35 bits per heavy atom. The van der Waals surface area contributed by atoms with Crippen LogP contribution in [0.1, 0.15) is 52.6 Å². The average Bonchev–Trinajstić information content (AvgIpc) is 2.73. The summed E-state index contributed by atoms with van der Waals surface area (Å²) in [6, 6.07) is 20.1. The number of aromatic carboxylic acids is 2. The van der Waals surface area contributed by atoms with E-state index >= 15 is 0 Å². The first kappa shape index (κ1) is 25.2. The van der Waals surface area contributed by atoms with Crippen LogP contribution in [-0.4, -0.2) is 32.4 Å². The minimum absolute atomic E-state index is 0.00403. The second kappa shape index (κ2) is 11.4. The summed E-state index contributed by atoms with van der Waals surface area (Å²) in [6.07, 6.45) is 0. The van der Waals surface area contributed by atoms with Crippen molar-refractivity contribution in [2.24, 2.45) is 0 Å². The number of aryl methyl sites for hydroxylation is 1. The predicted molar refractivity (Wildman–Crippen MR) is 120 cm³/mol. The molecule has 0 fully saturated rings. The molecule has 0 aromatic heterocycles. The van der Waals surface area contributed by atoms with E-state index in [9.17, 15) is 19.8 Å². The molecule has 3 rings (SSSR count). The number of rotatable bonds is 2. The van der Waals surface area contributed by atoms with Crippen LogP contribution in [0.25, 0.3) is 0 Å². The molecule has 0 aliphatic heterocycles. The van der Waals surface area contributed by atoms with Crippen LogP contribution in [0.2, 0.25) is 0 Å². The standard InChI is InChI=1S/C11H16O2.2C7H6O2/c1-7-5-8(11(2,3)4)6-9(12)10(7)13;2*8-7(9)6-4-2-1-3-5-6/h5-6,12-13H,1-4H3;2*1-5H,(H,8,9). The number of hydrogen-bond donors (Lipinski definition) is 4. The average molecular weight is 424 g/mol. The summed E-state index contributed by atoms with van der Waals surface area (Å²) in [7, 11) is 0. The van der Waals surface area contributed by atoms with Crippen molar-refractivity contribution >= 4 is 11.9 Å². The molecule has 0 unspecified atom stereocenters. The first-order valence-corrected chi connectivity index (χ1v) is 9.53. The Morgan fingerprint density at radius 1 is 0.710 bits per heavy atom. The Hall–Kier alpha value is -3.80. The normalized spacial score (nSPS) is 10.1. The molecule has 0 saturated heterocycles. The van der Waals surface area contributed by atoms with Crippen molar-refractivity contribution in [2.75, 3.05) is 0 Å². The third kappa shape index (κ3) is 8.62. The molecule has 0 atom stereocenters. The summed E-state index contributed by atoms with van der Waals surface area (Å²) in [5, 5.41) is 35.5. The number of carbonyl (C=O) groups is 2. The minimum atomic E-state index is -0.879. The summed E-state index contributed by atoms with van der Waals surface area (Å²) in [5.74, 6) is -1.82. The molecule has 31 heavy (non-hydrogen) atoms. The van der Waals surface area contributed by atoms with E-state index in [2.05, 4.69) is 20.8 Å². The fourth-order valence-electron chi connectivity index (χ4n) is 2.36. The first-order chi connectivity index (χ1) is 14.4. The van der Waals surface area contributed by atoms with E-state index in [-0.39, 0.29) is 16.9 Å². The summed E-state index contributed by atoms with van der Waals surface area (Å²) in [4.78, 5) is 20.4.